The summed E-state index contributed by atoms with van der Waals surface area (Å²) in [5.41, 5.74) is 1.34. The van der Waals surface area contributed by atoms with E-state index < -0.39 is 51.1 Å². The van der Waals surface area contributed by atoms with Crippen molar-refractivity contribution in [3.8, 4) is 0 Å². The van der Waals surface area contributed by atoms with Crippen LogP contribution in [-0.4, -0.2) is 99.4 Å². The quantitative estimate of drug-likeness (QED) is 0.202. The minimum absolute atomic E-state index is 0.169. The predicted molar refractivity (Wildman–Crippen MR) is 159 cm³/mol. The van der Waals surface area contributed by atoms with Crippen molar-refractivity contribution in [1.29, 1.82) is 0 Å². The smallest absolute Gasteiger partial charge is 0.318 e. The molecule has 0 bridgehead atoms. The molecule has 0 aliphatic carbocycles. The molecule has 3 rings (SSSR count). The van der Waals surface area contributed by atoms with Gasteiger partial charge in [0.1, 0.15) is 11.6 Å². The van der Waals surface area contributed by atoms with E-state index in [4.69, 9.17) is 13.9 Å². The summed E-state index contributed by atoms with van der Waals surface area (Å²) in [6.07, 6.45) is 4.53. The van der Waals surface area contributed by atoms with E-state index in [9.17, 15) is 22.8 Å². The second-order valence-electron chi connectivity index (χ2n) is 9.94. The molecule has 3 aromatic rings. The number of ketones is 1. The number of sulfone groups is 1. The molecule has 13 nitrogen and oxygen atoms in total. The lowest BCUT2D eigenvalue weighted by Gasteiger charge is -2.27. The van der Waals surface area contributed by atoms with Crippen molar-refractivity contribution in [2.24, 2.45) is 0 Å². The number of rotatable bonds is 18. The zero-order valence-corrected chi connectivity index (χ0v) is 25.5. The number of fused-ring (bicyclic) bond motifs is 1. The molecule has 3 amide bonds. The summed E-state index contributed by atoms with van der Waals surface area (Å²) in [4.78, 5) is 49.9. The number of unbranched alkanes of at least 4 members (excludes halogenated alkanes) is 1. The predicted octanol–water partition coefficient (Wildman–Crippen LogP) is 2.37. The first-order valence-corrected chi connectivity index (χ1v) is 15.8. The Labute approximate surface area is 251 Å². The number of amides is 3. The number of ether oxygens (including phenoxy) is 2. The van der Waals surface area contributed by atoms with Crippen LogP contribution in [0.25, 0.3) is 11.1 Å². The number of hydrogen-bond donors (Lipinski definition) is 2. The average molecular weight is 618 g/mol. The number of hydrogen-bond acceptors (Lipinski definition) is 10. The fourth-order valence-corrected chi connectivity index (χ4v) is 5.81. The van der Waals surface area contributed by atoms with Crippen LogP contribution in [-0.2, 0) is 29.9 Å². The summed E-state index contributed by atoms with van der Waals surface area (Å²) in [7, 11) is -0.958. The Morgan fingerprint density at radius 1 is 1.00 bits per heavy atom. The van der Waals surface area contributed by atoms with Gasteiger partial charge in [0, 0.05) is 39.7 Å². The molecule has 234 valence electrons. The lowest BCUT2D eigenvalue weighted by Crippen LogP contribution is -2.57. The molecule has 43 heavy (non-hydrogen) atoms. The Morgan fingerprint density at radius 3 is 2.35 bits per heavy atom. The van der Waals surface area contributed by atoms with Gasteiger partial charge < -0.3 is 29.4 Å². The van der Waals surface area contributed by atoms with Gasteiger partial charge in [0.25, 0.3) is 5.89 Å². The first-order valence-electron chi connectivity index (χ1n) is 14.0. The topological polar surface area (TPSA) is 170 Å². The van der Waals surface area contributed by atoms with E-state index in [-0.39, 0.29) is 38.6 Å². The molecule has 0 aliphatic rings. The molecule has 2 N–H and O–H groups in total. The molecule has 2 heterocycles. The van der Waals surface area contributed by atoms with Crippen LogP contribution in [0.4, 0.5) is 4.79 Å². The maximum absolute atomic E-state index is 13.7. The van der Waals surface area contributed by atoms with Gasteiger partial charge in [-0.2, -0.15) is 0 Å². The average Bonchev–Trinajstić information content (AvgIpc) is 3.43. The second kappa shape index (κ2) is 16.7. The van der Waals surface area contributed by atoms with E-state index >= 15 is 0 Å². The van der Waals surface area contributed by atoms with Gasteiger partial charge in [-0.15, -0.1) is 0 Å². The minimum Gasteiger partial charge on any atom is -0.434 e. The highest BCUT2D eigenvalue weighted by atomic mass is 32.2. The number of nitrogens with one attached hydrogen (secondary N) is 2. The van der Waals surface area contributed by atoms with Crippen molar-refractivity contribution in [2.45, 2.75) is 44.0 Å². The summed E-state index contributed by atoms with van der Waals surface area (Å²) >= 11 is 0. The van der Waals surface area contributed by atoms with Crippen molar-refractivity contribution in [2.75, 3.05) is 46.3 Å². The molecule has 2 aromatic heterocycles. The van der Waals surface area contributed by atoms with Gasteiger partial charge in [0.05, 0.1) is 30.8 Å². The normalized spacial score (nSPS) is 12.9. The Morgan fingerprint density at radius 2 is 1.72 bits per heavy atom. The van der Waals surface area contributed by atoms with Crippen LogP contribution >= 0.6 is 0 Å². The molecule has 0 saturated heterocycles. The number of methoxy groups -OCH3 is 2. The van der Waals surface area contributed by atoms with Gasteiger partial charge in [-0.05, 0) is 30.2 Å². The van der Waals surface area contributed by atoms with Crippen LogP contribution in [0.2, 0.25) is 0 Å². The largest absolute Gasteiger partial charge is 0.434 e. The molecule has 0 radical (unpaired) electrons. The number of carbonyl (C=O) groups excluding carboxylic acids is 3. The Kier molecular flexibility index (Phi) is 13.0. The third kappa shape index (κ3) is 10.4. The maximum atomic E-state index is 13.7. The highest BCUT2D eigenvalue weighted by Crippen LogP contribution is 2.18. The van der Waals surface area contributed by atoms with E-state index in [1.165, 1.54) is 31.5 Å². The first kappa shape index (κ1) is 33.6. The number of benzene rings is 1. The number of urea groups is 1. The van der Waals surface area contributed by atoms with E-state index in [1.54, 1.807) is 36.4 Å². The zero-order valence-electron chi connectivity index (χ0n) is 24.7. The molecule has 0 saturated carbocycles. The first-order chi connectivity index (χ1) is 20.7. The fraction of sp³-hybridized carbons (Fsp3) is 0.483. The fourth-order valence-electron chi connectivity index (χ4n) is 4.27. The molecule has 1 unspecified atom stereocenters. The van der Waals surface area contributed by atoms with Gasteiger partial charge >= 0.3 is 6.03 Å². The zero-order chi connectivity index (χ0) is 31.2. The monoisotopic (exact) mass is 617 g/mol. The molecule has 0 aliphatic heterocycles. The molecular formula is C29H39N5O8S. The van der Waals surface area contributed by atoms with Crippen LogP contribution in [0.15, 0.2) is 53.2 Å². The third-order valence-electron chi connectivity index (χ3n) is 6.55. The number of para-hydroxylation sites is 2. The van der Waals surface area contributed by atoms with Crippen LogP contribution in [0, 0.1) is 0 Å². The lowest BCUT2D eigenvalue weighted by atomic mass is 10.0. The van der Waals surface area contributed by atoms with E-state index in [0.717, 1.165) is 6.42 Å². The summed E-state index contributed by atoms with van der Waals surface area (Å²) in [5.74, 6) is -2.65. The molecule has 2 atom stereocenters. The molecular weight excluding hydrogens is 578 g/mol. The van der Waals surface area contributed by atoms with E-state index in [2.05, 4.69) is 20.6 Å². The maximum Gasteiger partial charge on any atom is 0.318 e. The van der Waals surface area contributed by atoms with Crippen molar-refractivity contribution < 1.29 is 36.7 Å². The highest BCUT2D eigenvalue weighted by Gasteiger charge is 2.33. The SMILES string of the molecule is CCCCC(NC(=O)[C@H](CS(=O)(=O)Cc1cccnc1)NC(=O)N(CCOC)CCOC)C(=O)c1nc2ccccc2o1. The summed E-state index contributed by atoms with van der Waals surface area (Å²) in [5, 5.41) is 5.22. The standard InChI is InChI=1S/C29H39N5O8S/c1-4-5-10-23(26(35)28-32-22-11-6-7-12-25(22)42-28)31-27(36)24(20-43(38,39)19-21-9-8-13-30-18-21)33-29(37)34(14-16-40-2)15-17-41-3/h6-9,11-13,18,23-24H,4-5,10,14-17,19-20H2,1-3H3,(H,31,36)(H,33,37)/t23?,24-/m0/s1. The molecule has 14 heteroatoms. The van der Waals surface area contributed by atoms with E-state index in [0.29, 0.717) is 23.1 Å². The highest BCUT2D eigenvalue weighted by molar-refractivity contribution is 7.90. The van der Waals surface area contributed by atoms with Crippen molar-refractivity contribution in [1.82, 2.24) is 25.5 Å². The Hall–Kier alpha value is -3.88. The van der Waals surface area contributed by atoms with Crippen LogP contribution in [0.3, 0.4) is 0 Å². The number of oxazole rings is 1. The van der Waals surface area contributed by atoms with Gasteiger partial charge in [0.15, 0.2) is 15.4 Å². The summed E-state index contributed by atoms with van der Waals surface area (Å²) in [6.45, 7) is 2.72. The van der Waals surface area contributed by atoms with Crippen LogP contribution < -0.4 is 10.6 Å². The molecule has 1 aromatic carbocycles. The van der Waals surface area contributed by atoms with Gasteiger partial charge in [-0.1, -0.05) is 38.0 Å². The number of Topliss-reactive ketones (excluding diaryl/α,β-unsaturated/α-hetero) is 1. The Balaban J connectivity index is 1.86. The van der Waals surface area contributed by atoms with Crippen molar-refractivity contribution >= 4 is 38.7 Å². The van der Waals surface area contributed by atoms with Gasteiger partial charge in [-0.3, -0.25) is 14.6 Å². The number of pyridine rings is 1. The third-order valence-corrected chi connectivity index (χ3v) is 8.16. The number of aromatic nitrogens is 2. The Bertz CT molecular complexity index is 1410. The van der Waals surface area contributed by atoms with Crippen LogP contribution in [0.1, 0.15) is 42.4 Å². The van der Waals surface area contributed by atoms with Crippen molar-refractivity contribution in [3.05, 3.63) is 60.2 Å². The number of nitrogens with zero attached hydrogens (tertiary/aromatic N) is 3. The molecule has 0 fully saturated rings. The number of carbonyl (C=O) groups is 3. The van der Waals surface area contributed by atoms with Crippen molar-refractivity contribution in [3.63, 3.8) is 0 Å². The van der Waals surface area contributed by atoms with E-state index in [1.807, 2.05) is 6.92 Å². The van der Waals surface area contributed by atoms with Gasteiger partial charge in [-0.25, -0.2) is 18.2 Å². The van der Waals surface area contributed by atoms with Gasteiger partial charge in [0.2, 0.25) is 11.7 Å². The second-order valence-corrected chi connectivity index (χ2v) is 12.1. The van der Waals surface area contributed by atoms with Crippen LogP contribution in [0.5, 0.6) is 0 Å². The summed E-state index contributed by atoms with van der Waals surface area (Å²) in [6, 6.07) is 6.86. The summed E-state index contributed by atoms with van der Waals surface area (Å²) < 4.78 is 42.2. The molecule has 0 spiro atoms. The minimum atomic E-state index is -3.93. The lowest BCUT2D eigenvalue weighted by molar-refractivity contribution is -0.123.